The highest BCUT2D eigenvalue weighted by Gasteiger charge is 2.36. The summed E-state index contributed by atoms with van der Waals surface area (Å²) in [5.41, 5.74) is 9.69. The van der Waals surface area contributed by atoms with Crippen LogP contribution in [0.2, 0.25) is 0 Å². The van der Waals surface area contributed by atoms with E-state index < -0.39 is 0 Å². The molecule has 1 atom stereocenters. The van der Waals surface area contributed by atoms with Gasteiger partial charge in [0.2, 0.25) is 0 Å². The maximum absolute atomic E-state index is 9.41. The van der Waals surface area contributed by atoms with Gasteiger partial charge < -0.3 is 5.21 Å². The van der Waals surface area contributed by atoms with E-state index in [1.165, 1.54) is 33.4 Å². The van der Waals surface area contributed by atoms with Gasteiger partial charge >= 0.3 is 0 Å². The normalized spacial score (nSPS) is 22.2. The molecule has 0 aromatic heterocycles. The average Bonchev–Trinajstić information content (AvgIpc) is 2.52. The molecule has 0 heterocycles. The summed E-state index contributed by atoms with van der Waals surface area (Å²) in [6, 6.07) is 11.2. The van der Waals surface area contributed by atoms with Crippen molar-refractivity contribution < 1.29 is 5.21 Å². The minimum atomic E-state index is -0.0412. The molecule has 2 aromatic rings. The minimum absolute atomic E-state index is 0.0412. The van der Waals surface area contributed by atoms with E-state index in [0.29, 0.717) is 0 Å². The van der Waals surface area contributed by atoms with Crippen molar-refractivity contribution in [2.45, 2.75) is 52.9 Å². The zero-order valence-electron chi connectivity index (χ0n) is 14.7. The number of nitrogens with zero attached hydrogens (tertiary/aromatic N) is 1. The molecule has 0 spiro atoms. The molecule has 120 valence electrons. The summed E-state index contributed by atoms with van der Waals surface area (Å²) in [5.74, 6) is 0. The number of rotatable bonds is 1. The van der Waals surface area contributed by atoms with Crippen LogP contribution in [0.15, 0.2) is 35.5 Å². The molecular formula is C21H25NO. The number of aryl methyl sites for hydroxylation is 4. The largest absolute Gasteiger partial charge is 0.411 e. The van der Waals surface area contributed by atoms with Gasteiger partial charge in [0.15, 0.2) is 0 Å². The highest BCUT2D eigenvalue weighted by atomic mass is 16.4. The SMILES string of the molecule is Cc1ccc(C2(C)CCC(=NO)c3cc(C)c(C)cc32)cc1C. The van der Waals surface area contributed by atoms with Gasteiger partial charge in [-0.05, 0) is 80.0 Å². The van der Waals surface area contributed by atoms with Gasteiger partial charge in [-0.2, -0.15) is 0 Å². The Hall–Kier alpha value is -2.09. The molecule has 0 saturated heterocycles. The number of oxime groups is 1. The highest BCUT2D eigenvalue weighted by Crippen LogP contribution is 2.43. The average molecular weight is 307 g/mol. The van der Waals surface area contributed by atoms with Crippen molar-refractivity contribution in [2.75, 3.05) is 0 Å². The van der Waals surface area contributed by atoms with Crippen molar-refractivity contribution in [2.24, 2.45) is 5.16 Å². The van der Waals surface area contributed by atoms with Crippen molar-refractivity contribution in [1.82, 2.24) is 0 Å². The van der Waals surface area contributed by atoms with Crippen molar-refractivity contribution in [1.29, 1.82) is 0 Å². The van der Waals surface area contributed by atoms with Gasteiger partial charge in [0.05, 0.1) is 5.71 Å². The predicted molar refractivity (Wildman–Crippen MR) is 95.8 cm³/mol. The lowest BCUT2D eigenvalue weighted by Gasteiger charge is -2.37. The fraction of sp³-hybridized carbons (Fsp3) is 0.381. The van der Waals surface area contributed by atoms with Crippen LogP contribution < -0.4 is 0 Å². The topological polar surface area (TPSA) is 32.6 Å². The second kappa shape index (κ2) is 5.52. The number of benzene rings is 2. The van der Waals surface area contributed by atoms with E-state index in [0.717, 1.165) is 24.1 Å². The van der Waals surface area contributed by atoms with Gasteiger partial charge in [0, 0.05) is 11.0 Å². The summed E-state index contributed by atoms with van der Waals surface area (Å²) < 4.78 is 0. The lowest BCUT2D eigenvalue weighted by Crippen LogP contribution is -2.32. The van der Waals surface area contributed by atoms with Crippen LogP contribution >= 0.6 is 0 Å². The monoisotopic (exact) mass is 307 g/mol. The summed E-state index contributed by atoms with van der Waals surface area (Å²) in [5, 5.41) is 13.0. The van der Waals surface area contributed by atoms with Crippen LogP contribution in [-0.4, -0.2) is 10.9 Å². The molecule has 2 aromatic carbocycles. The van der Waals surface area contributed by atoms with Crippen LogP contribution in [0, 0.1) is 27.7 Å². The lowest BCUT2D eigenvalue weighted by molar-refractivity contribution is 0.316. The fourth-order valence-electron chi connectivity index (χ4n) is 3.64. The predicted octanol–water partition coefficient (Wildman–Crippen LogP) is 5.20. The van der Waals surface area contributed by atoms with Crippen LogP contribution in [0.4, 0.5) is 0 Å². The second-order valence-electron chi connectivity index (χ2n) is 7.16. The standard InChI is InChI=1S/C21H25NO/c1-13-6-7-17(10-14(13)2)21(5)9-8-20(22-23)18-11-15(3)16(4)12-19(18)21/h6-7,10-12,23H,8-9H2,1-5H3. The summed E-state index contributed by atoms with van der Waals surface area (Å²) in [4.78, 5) is 0. The molecule has 0 bridgehead atoms. The molecule has 1 unspecified atom stereocenters. The first kappa shape index (κ1) is 15.8. The number of fused-ring (bicyclic) bond motifs is 1. The van der Waals surface area contributed by atoms with Gasteiger partial charge in [-0.1, -0.05) is 36.3 Å². The number of hydrogen-bond acceptors (Lipinski definition) is 2. The van der Waals surface area contributed by atoms with Gasteiger partial charge in [-0.25, -0.2) is 0 Å². The molecule has 3 rings (SSSR count). The van der Waals surface area contributed by atoms with Gasteiger partial charge in [-0.3, -0.25) is 0 Å². The Morgan fingerprint density at radius 1 is 0.913 bits per heavy atom. The Balaban J connectivity index is 2.25. The first-order valence-corrected chi connectivity index (χ1v) is 8.27. The van der Waals surface area contributed by atoms with Crippen LogP contribution in [-0.2, 0) is 5.41 Å². The highest BCUT2D eigenvalue weighted by molar-refractivity contribution is 6.03. The molecular weight excluding hydrogens is 282 g/mol. The Labute approximate surface area is 138 Å². The molecule has 0 radical (unpaired) electrons. The summed E-state index contributed by atoms with van der Waals surface area (Å²) >= 11 is 0. The number of hydrogen-bond donors (Lipinski definition) is 1. The Morgan fingerprint density at radius 2 is 1.57 bits per heavy atom. The van der Waals surface area contributed by atoms with Gasteiger partial charge in [0.1, 0.15) is 0 Å². The quantitative estimate of drug-likeness (QED) is 0.570. The van der Waals surface area contributed by atoms with E-state index in [1.54, 1.807) is 0 Å². The Morgan fingerprint density at radius 3 is 2.22 bits per heavy atom. The minimum Gasteiger partial charge on any atom is -0.411 e. The zero-order chi connectivity index (χ0) is 16.8. The maximum Gasteiger partial charge on any atom is 0.0871 e. The first-order chi connectivity index (χ1) is 10.9. The fourth-order valence-corrected chi connectivity index (χ4v) is 3.64. The van der Waals surface area contributed by atoms with Crippen molar-refractivity contribution >= 4 is 5.71 Å². The maximum atomic E-state index is 9.41. The van der Waals surface area contributed by atoms with Gasteiger partial charge in [0.25, 0.3) is 0 Å². The molecule has 1 N–H and O–H groups in total. The first-order valence-electron chi connectivity index (χ1n) is 8.27. The molecule has 2 heteroatoms. The Kier molecular flexibility index (Phi) is 3.79. The third-order valence-corrected chi connectivity index (χ3v) is 5.67. The lowest BCUT2D eigenvalue weighted by atomic mass is 9.66. The molecule has 2 nitrogen and oxygen atoms in total. The molecule has 0 saturated carbocycles. The third-order valence-electron chi connectivity index (χ3n) is 5.67. The van der Waals surface area contributed by atoms with Crippen molar-refractivity contribution in [3.05, 3.63) is 69.3 Å². The molecule has 1 aliphatic rings. The Bertz CT molecular complexity index is 804. The van der Waals surface area contributed by atoms with Crippen LogP contribution in [0.1, 0.15) is 58.7 Å². The van der Waals surface area contributed by atoms with E-state index in [2.05, 4.69) is 70.1 Å². The van der Waals surface area contributed by atoms with E-state index in [1.807, 2.05) is 0 Å². The van der Waals surface area contributed by atoms with Crippen LogP contribution in [0.25, 0.3) is 0 Å². The molecule has 23 heavy (non-hydrogen) atoms. The summed E-state index contributed by atoms with van der Waals surface area (Å²) in [6.07, 6.45) is 1.76. The molecule has 1 aliphatic carbocycles. The van der Waals surface area contributed by atoms with Crippen LogP contribution in [0.5, 0.6) is 0 Å². The van der Waals surface area contributed by atoms with E-state index in [4.69, 9.17) is 0 Å². The smallest absolute Gasteiger partial charge is 0.0871 e. The third kappa shape index (κ3) is 2.46. The molecule has 0 amide bonds. The summed E-state index contributed by atoms with van der Waals surface area (Å²) in [7, 11) is 0. The summed E-state index contributed by atoms with van der Waals surface area (Å²) in [6.45, 7) is 10.9. The van der Waals surface area contributed by atoms with E-state index in [9.17, 15) is 5.21 Å². The molecule has 0 aliphatic heterocycles. The van der Waals surface area contributed by atoms with Gasteiger partial charge in [-0.15, -0.1) is 0 Å². The van der Waals surface area contributed by atoms with E-state index >= 15 is 0 Å². The second-order valence-corrected chi connectivity index (χ2v) is 7.16. The van der Waals surface area contributed by atoms with Crippen molar-refractivity contribution in [3.63, 3.8) is 0 Å². The molecule has 0 fully saturated rings. The van der Waals surface area contributed by atoms with Crippen LogP contribution in [0.3, 0.4) is 0 Å². The van der Waals surface area contributed by atoms with E-state index in [-0.39, 0.29) is 5.41 Å². The van der Waals surface area contributed by atoms with Crippen molar-refractivity contribution in [3.8, 4) is 0 Å². The zero-order valence-corrected chi connectivity index (χ0v) is 14.7.